The lowest BCUT2D eigenvalue weighted by Crippen LogP contribution is -2.49. The van der Waals surface area contributed by atoms with Crippen molar-refractivity contribution in [3.05, 3.63) is 54.1 Å². The van der Waals surface area contributed by atoms with Crippen LogP contribution in [-0.2, 0) is 10.0 Å². The molecular weight excluding hydrogens is 367 g/mol. The first-order valence-corrected chi connectivity index (χ1v) is 10.3. The Labute approximate surface area is 157 Å². The monoisotopic (exact) mass is 388 g/mol. The number of piperazine rings is 1. The summed E-state index contributed by atoms with van der Waals surface area (Å²) < 4.78 is 41.1. The molecule has 0 radical (unpaired) electrons. The van der Waals surface area contributed by atoms with E-state index in [0.717, 1.165) is 31.4 Å². The second-order valence-electron chi connectivity index (χ2n) is 6.83. The van der Waals surface area contributed by atoms with Gasteiger partial charge in [-0.1, -0.05) is 12.1 Å². The number of aromatic nitrogens is 2. The third kappa shape index (κ3) is 3.08. The third-order valence-electron chi connectivity index (χ3n) is 4.82. The minimum Gasteiger partial charge on any atom is -0.367 e. The molecule has 2 aromatic carbocycles. The number of hydrogen-bond acceptors (Lipinski definition) is 5. The average Bonchev–Trinajstić information content (AvgIpc) is 2.98. The Morgan fingerprint density at radius 3 is 2.74 bits per heavy atom. The molecule has 1 atom stereocenters. The number of rotatable bonds is 3. The number of anilines is 1. The number of benzene rings is 2. The molecule has 1 fully saturated rings. The van der Waals surface area contributed by atoms with Gasteiger partial charge in [0.05, 0.1) is 16.1 Å². The van der Waals surface area contributed by atoms with Gasteiger partial charge in [0.1, 0.15) is 17.2 Å². The van der Waals surface area contributed by atoms with Crippen LogP contribution in [0.5, 0.6) is 0 Å². The number of para-hydroxylation sites is 1. The molecule has 0 aliphatic carbocycles. The third-order valence-corrected chi connectivity index (χ3v) is 6.61. The molecule has 8 heteroatoms. The first kappa shape index (κ1) is 17.9. The molecule has 0 spiro atoms. The van der Waals surface area contributed by atoms with E-state index >= 15 is 0 Å². The van der Waals surface area contributed by atoms with Gasteiger partial charge in [0.2, 0.25) is 0 Å². The zero-order chi connectivity index (χ0) is 19.2. The topological polar surface area (TPSA) is 67.2 Å². The number of aryl methyl sites for hydroxylation is 1. The zero-order valence-corrected chi connectivity index (χ0v) is 16.0. The molecule has 1 aliphatic rings. The molecule has 1 aliphatic heterocycles. The highest BCUT2D eigenvalue weighted by Gasteiger charge is 2.26. The van der Waals surface area contributed by atoms with Gasteiger partial charge < -0.3 is 10.2 Å². The molecule has 27 heavy (non-hydrogen) atoms. The van der Waals surface area contributed by atoms with Crippen molar-refractivity contribution in [2.75, 3.05) is 24.5 Å². The van der Waals surface area contributed by atoms with Crippen LogP contribution in [0.1, 0.15) is 12.7 Å². The Bertz CT molecular complexity index is 1110. The number of halogens is 1. The van der Waals surface area contributed by atoms with Gasteiger partial charge in [-0.25, -0.2) is 21.8 Å². The summed E-state index contributed by atoms with van der Waals surface area (Å²) in [6, 6.07) is 10.9. The fourth-order valence-corrected chi connectivity index (χ4v) is 5.14. The summed E-state index contributed by atoms with van der Waals surface area (Å²) in [6.07, 6.45) is 0. The van der Waals surface area contributed by atoms with Crippen molar-refractivity contribution in [3.8, 4) is 0 Å². The summed E-state index contributed by atoms with van der Waals surface area (Å²) in [5, 5.41) is 3.40. The molecule has 1 N–H and O–H groups in total. The van der Waals surface area contributed by atoms with Crippen LogP contribution in [0.15, 0.2) is 47.4 Å². The van der Waals surface area contributed by atoms with Crippen molar-refractivity contribution < 1.29 is 12.8 Å². The van der Waals surface area contributed by atoms with Crippen molar-refractivity contribution in [3.63, 3.8) is 0 Å². The molecule has 2 heterocycles. The number of nitrogens with one attached hydrogen (secondary N) is 1. The second kappa shape index (κ2) is 6.61. The molecule has 4 rings (SSSR count). The summed E-state index contributed by atoms with van der Waals surface area (Å²) in [5.41, 5.74) is 2.06. The van der Waals surface area contributed by atoms with Crippen molar-refractivity contribution in [2.45, 2.75) is 24.8 Å². The van der Waals surface area contributed by atoms with Gasteiger partial charge in [-0.15, -0.1) is 0 Å². The quantitative estimate of drug-likeness (QED) is 0.747. The van der Waals surface area contributed by atoms with Gasteiger partial charge in [-0.05, 0) is 44.2 Å². The number of fused-ring (bicyclic) bond motifs is 1. The van der Waals surface area contributed by atoms with Crippen LogP contribution in [0.2, 0.25) is 0 Å². The van der Waals surface area contributed by atoms with Crippen LogP contribution >= 0.6 is 0 Å². The highest BCUT2D eigenvalue weighted by atomic mass is 32.2. The predicted molar refractivity (Wildman–Crippen MR) is 103 cm³/mol. The SMILES string of the molecule is Cc1nc2c(N3CCNC(C)C3)cccc2n1S(=O)(=O)c1cccc(F)c1. The Kier molecular flexibility index (Phi) is 4.39. The molecule has 1 unspecified atom stereocenters. The highest BCUT2D eigenvalue weighted by Crippen LogP contribution is 2.30. The lowest BCUT2D eigenvalue weighted by Gasteiger charge is -2.33. The van der Waals surface area contributed by atoms with Gasteiger partial charge in [0.25, 0.3) is 10.0 Å². The van der Waals surface area contributed by atoms with Crippen molar-refractivity contribution in [1.82, 2.24) is 14.3 Å². The van der Waals surface area contributed by atoms with E-state index in [0.29, 0.717) is 22.9 Å². The smallest absolute Gasteiger partial charge is 0.269 e. The van der Waals surface area contributed by atoms with Crippen LogP contribution < -0.4 is 10.2 Å². The lowest BCUT2D eigenvalue weighted by molar-refractivity contribution is 0.485. The summed E-state index contributed by atoms with van der Waals surface area (Å²) in [5.74, 6) is -0.237. The van der Waals surface area contributed by atoms with Crippen molar-refractivity contribution in [2.24, 2.45) is 0 Å². The van der Waals surface area contributed by atoms with E-state index in [4.69, 9.17) is 0 Å². The maximum atomic E-state index is 13.6. The fourth-order valence-electron chi connectivity index (χ4n) is 3.62. The van der Waals surface area contributed by atoms with Crippen LogP contribution in [0.3, 0.4) is 0 Å². The molecule has 142 valence electrons. The molecule has 0 saturated carbocycles. The molecule has 1 saturated heterocycles. The van der Waals surface area contributed by atoms with Crippen LogP contribution in [-0.4, -0.2) is 43.1 Å². The molecule has 0 amide bonds. The molecule has 3 aromatic rings. The van der Waals surface area contributed by atoms with Gasteiger partial charge in [-0.3, -0.25) is 0 Å². The van der Waals surface area contributed by atoms with Crippen molar-refractivity contribution >= 4 is 26.7 Å². The molecular formula is C19H21FN4O2S. The average molecular weight is 388 g/mol. The van der Waals surface area contributed by atoms with Gasteiger partial charge in [0, 0.05) is 25.7 Å². The van der Waals surface area contributed by atoms with Crippen LogP contribution in [0.25, 0.3) is 11.0 Å². The summed E-state index contributed by atoms with van der Waals surface area (Å²) in [7, 11) is -3.95. The van der Waals surface area contributed by atoms with E-state index in [2.05, 4.69) is 22.1 Å². The highest BCUT2D eigenvalue weighted by molar-refractivity contribution is 7.90. The van der Waals surface area contributed by atoms with E-state index in [9.17, 15) is 12.8 Å². The Hall–Kier alpha value is -2.45. The van der Waals surface area contributed by atoms with E-state index in [1.165, 1.54) is 22.2 Å². The van der Waals surface area contributed by atoms with Crippen LogP contribution in [0, 0.1) is 12.7 Å². The van der Waals surface area contributed by atoms with E-state index in [-0.39, 0.29) is 4.90 Å². The molecule has 6 nitrogen and oxygen atoms in total. The standard InChI is InChI=1S/C19H21FN4O2S/c1-13-12-23(10-9-21-13)17-7-4-8-18-19(17)22-14(2)24(18)27(25,26)16-6-3-5-15(20)11-16/h3-8,11,13,21H,9-10,12H2,1-2H3. The van der Waals surface area contributed by atoms with Gasteiger partial charge >= 0.3 is 0 Å². The summed E-state index contributed by atoms with van der Waals surface area (Å²) >= 11 is 0. The van der Waals surface area contributed by atoms with E-state index in [1.54, 1.807) is 13.0 Å². The van der Waals surface area contributed by atoms with E-state index < -0.39 is 15.8 Å². The zero-order valence-electron chi connectivity index (χ0n) is 15.2. The Balaban J connectivity index is 1.88. The number of hydrogen-bond donors (Lipinski definition) is 1. The van der Waals surface area contributed by atoms with Gasteiger partial charge in [0.15, 0.2) is 0 Å². The number of imidazole rings is 1. The minimum atomic E-state index is -3.95. The minimum absolute atomic E-state index is 0.0916. The molecule has 1 aromatic heterocycles. The normalized spacial score (nSPS) is 18.2. The largest absolute Gasteiger partial charge is 0.367 e. The fraction of sp³-hybridized carbons (Fsp3) is 0.316. The number of nitrogens with zero attached hydrogens (tertiary/aromatic N) is 3. The Morgan fingerprint density at radius 2 is 2.00 bits per heavy atom. The first-order chi connectivity index (χ1) is 12.9. The first-order valence-electron chi connectivity index (χ1n) is 8.85. The lowest BCUT2D eigenvalue weighted by atomic mass is 10.2. The van der Waals surface area contributed by atoms with E-state index in [1.807, 2.05) is 12.1 Å². The summed E-state index contributed by atoms with van der Waals surface area (Å²) in [6.45, 7) is 6.28. The molecule has 0 bridgehead atoms. The van der Waals surface area contributed by atoms with Crippen molar-refractivity contribution in [1.29, 1.82) is 0 Å². The maximum Gasteiger partial charge on any atom is 0.269 e. The van der Waals surface area contributed by atoms with Crippen LogP contribution in [0.4, 0.5) is 10.1 Å². The van der Waals surface area contributed by atoms with Gasteiger partial charge in [-0.2, -0.15) is 0 Å². The Morgan fingerprint density at radius 1 is 1.22 bits per heavy atom. The maximum absolute atomic E-state index is 13.6. The second-order valence-corrected chi connectivity index (χ2v) is 8.62. The predicted octanol–water partition coefficient (Wildman–Crippen LogP) is 2.52. The summed E-state index contributed by atoms with van der Waals surface area (Å²) in [4.78, 5) is 6.68.